The predicted octanol–water partition coefficient (Wildman–Crippen LogP) is 4.71. The van der Waals surface area contributed by atoms with Crippen LogP contribution < -0.4 is 19.1 Å². The molecule has 0 atom stereocenters. The average Bonchev–Trinajstić information content (AvgIpc) is 3.25. The van der Waals surface area contributed by atoms with Gasteiger partial charge in [0, 0.05) is 12.4 Å². The monoisotopic (exact) mass is 449 g/mol. The Bertz CT molecular complexity index is 1180. The van der Waals surface area contributed by atoms with Crippen LogP contribution in [0.2, 0.25) is 0 Å². The predicted molar refractivity (Wildman–Crippen MR) is 125 cm³/mol. The van der Waals surface area contributed by atoms with Crippen molar-refractivity contribution in [2.45, 2.75) is 13.5 Å². The summed E-state index contributed by atoms with van der Waals surface area (Å²) in [7, 11) is 1.62. The minimum absolute atomic E-state index is 0.118. The van der Waals surface area contributed by atoms with Crippen LogP contribution in [0, 0.1) is 0 Å². The maximum Gasteiger partial charge on any atom is 0.267 e. The lowest BCUT2D eigenvalue weighted by Crippen LogP contribution is -2.34. The fraction of sp³-hybridized carbons (Fsp3) is 0.208. The molecule has 0 aliphatic rings. The zero-order valence-corrected chi connectivity index (χ0v) is 18.7. The molecule has 2 aromatic carbocycles. The molecule has 32 heavy (non-hydrogen) atoms. The molecule has 164 valence electrons. The first kappa shape index (κ1) is 21.6. The minimum atomic E-state index is -0.200. The number of pyridine rings is 1. The van der Waals surface area contributed by atoms with E-state index in [1.54, 1.807) is 36.5 Å². The van der Waals surface area contributed by atoms with Gasteiger partial charge in [0.2, 0.25) is 0 Å². The molecule has 2 heterocycles. The van der Waals surface area contributed by atoms with Gasteiger partial charge in [0.25, 0.3) is 5.91 Å². The fourth-order valence-electron chi connectivity index (χ4n) is 3.09. The van der Waals surface area contributed by atoms with Crippen molar-refractivity contribution >= 4 is 32.6 Å². The standard InChI is InChI=1S/C24H23N3O4S/c1-3-30-18-6-8-19(9-7-18)31-16-23(28)27(15-17-5-4-12-25-14-17)24-26-21-11-10-20(29-2)13-22(21)32-24/h4-14H,3,15-16H2,1-2H3. The number of carbonyl (C=O) groups is 1. The van der Waals surface area contributed by atoms with Gasteiger partial charge >= 0.3 is 0 Å². The molecule has 1 amide bonds. The molecule has 0 saturated carbocycles. The van der Waals surface area contributed by atoms with Crippen molar-refractivity contribution in [2.75, 3.05) is 25.2 Å². The second kappa shape index (κ2) is 10.1. The van der Waals surface area contributed by atoms with E-state index in [2.05, 4.69) is 9.97 Å². The van der Waals surface area contributed by atoms with Gasteiger partial charge in [-0.1, -0.05) is 17.4 Å². The van der Waals surface area contributed by atoms with Crippen molar-refractivity contribution in [2.24, 2.45) is 0 Å². The first-order valence-electron chi connectivity index (χ1n) is 10.2. The molecule has 0 spiro atoms. The lowest BCUT2D eigenvalue weighted by molar-refractivity contribution is -0.120. The SMILES string of the molecule is CCOc1ccc(OCC(=O)N(Cc2cccnc2)c2nc3ccc(OC)cc3s2)cc1. The topological polar surface area (TPSA) is 73.8 Å². The lowest BCUT2D eigenvalue weighted by atomic mass is 10.2. The van der Waals surface area contributed by atoms with Gasteiger partial charge in [0.1, 0.15) is 17.2 Å². The van der Waals surface area contributed by atoms with Crippen LogP contribution in [0.1, 0.15) is 12.5 Å². The summed E-state index contributed by atoms with van der Waals surface area (Å²) in [6, 6.07) is 16.6. The van der Waals surface area contributed by atoms with Crippen molar-refractivity contribution in [1.82, 2.24) is 9.97 Å². The lowest BCUT2D eigenvalue weighted by Gasteiger charge is -2.20. The molecule has 4 rings (SSSR count). The van der Waals surface area contributed by atoms with Crippen molar-refractivity contribution in [3.05, 3.63) is 72.6 Å². The molecule has 0 aliphatic heterocycles. The quantitative estimate of drug-likeness (QED) is 0.368. The number of thiazole rings is 1. The Labute approximate surface area is 190 Å². The average molecular weight is 450 g/mol. The third-order valence-electron chi connectivity index (χ3n) is 4.68. The maximum absolute atomic E-state index is 13.2. The van der Waals surface area contributed by atoms with Gasteiger partial charge in [-0.3, -0.25) is 14.7 Å². The van der Waals surface area contributed by atoms with Crippen LogP contribution in [0.3, 0.4) is 0 Å². The molecule has 0 fully saturated rings. The number of nitrogens with zero attached hydrogens (tertiary/aromatic N) is 3. The van der Waals surface area contributed by atoms with Crippen LogP contribution in [0.5, 0.6) is 17.2 Å². The van der Waals surface area contributed by atoms with E-state index in [0.717, 1.165) is 27.3 Å². The summed E-state index contributed by atoms with van der Waals surface area (Å²) in [5.74, 6) is 1.90. The summed E-state index contributed by atoms with van der Waals surface area (Å²) in [6.45, 7) is 2.75. The number of carbonyl (C=O) groups excluding carboxylic acids is 1. The Balaban J connectivity index is 1.55. The van der Waals surface area contributed by atoms with Gasteiger partial charge in [-0.25, -0.2) is 4.98 Å². The number of rotatable bonds is 9. The van der Waals surface area contributed by atoms with Crippen molar-refractivity contribution < 1.29 is 19.0 Å². The number of hydrogen-bond acceptors (Lipinski definition) is 7. The molecule has 0 N–H and O–H groups in total. The number of amides is 1. The molecule has 0 saturated heterocycles. The molecule has 0 radical (unpaired) electrons. The van der Waals surface area contributed by atoms with Gasteiger partial charge in [-0.15, -0.1) is 0 Å². The Hall–Kier alpha value is -3.65. The minimum Gasteiger partial charge on any atom is -0.497 e. The Morgan fingerprint density at radius 2 is 1.78 bits per heavy atom. The van der Waals surface area contributed by atoms with Gasteiger partial charge in [-0.2, -0.15) is 0 Å². The number of anilines is 1. The number of ether oxygens (including phenoxy) is 3. The van der Waals surface area contributed by atoms with E-state index in [0.29, 0.717) is 24.0 Å². The van der Waals surface area contributed by atoms with E-state index in [1.807, 2.05) is 49.4 Å². The first-order valence-corrected chi connectivity index (χ1v) is 11.0. The Kier molecular flexibility index (Phi) is 6.81. The van der Waals surface area contributed by atoms with E-state index in [-0.39, 0.29) is 12.5 Å². The highest BCUT2D eigenvalue weighted by Crippen LogP contribution is 2.32. The zero-order valence-electron chi connectivity index (χ0n) is 17.9. The highest BCUT2D eigenvalue weighted by molar-refractivity contribution is 7.22. The van der Waals surface area contributed by atoms with Crippen LogP contribution in [0.25, 0.3) is 10.2 Å². The van der Waals surface area contributed by atoms with Crippen molar-refractivity contribution in [3.63, 3.8) is 0 Å². The fourth-order valence-corrected chi connectivity index (χ4v) is 4.10. The number of benzene rings is 2. The molecule has 7 nitrogen and oxygen atoms in total. The molecule has 2 aromatic heterocycles. The molecule has 0 aliphatic carbocycles. The normalized spacial score (nSPS) is 10.7. The summed E-state index contributed by atoms with van der Waals surface area (Å²) in [4.78, 5) is 23.6. The highest BCUT2D eigenvalue weighted by Gasteiger charge is 2.21. The summed E-state index contributed by atoms with van der Waals surface area (Å²) in [6.07, 6.45) is 3.44. The Morgan fingerprint density at radius 3 is 2.47 bits per heavy atom. The number of hydrogen-bond donors (Lipinski definition) is 0. The van der Waals surface area contributed by atoms with Gasteiger partial charge in [-0.05, 0) is 61.0 Å². The summed E-state index contributed by atoms with van der Waals surface area (Å²) in [5.41, 5.74) is 1.71. The van der Waals surface area contributed by atoms with Crippen LogP contribution in [-0.2, 0) is 11.3 Å². The second-order valence-electron chi connectivity index (χ2n) is 6.86. The van der Waals surface area contributed by atoms with Gasteiger partial charge in [0.15, 0.2) is 11.7 Å². The second-order valence-corrected chi connectivity index (χ2v) is 7.87. The summed E-state index contributed by atoms with van der Waals surface area (Å²) in [5, 5.41) is 0.595. The molecule has 4 aromatic rings. The smallest absolute Gasteiger partial charge is 0.267 e. The molecular formula is C24H23N3O4S. The summed E-state index contributed by atoms with van der Waals surface area (Å²) < 4.78 is 17.4. The molecular weight excluding hydrogens is 426 g/mol. The molecule has 0 unspecified atom stereocenters. The van der Waals surface area contributed by atoms with E-state index in [1.165, 1.54) is 11.3 Å². The third kappa shape index (κ3) is 5.15. The first-order chi connectivity index (χ1) is 15.7. The largest absolute Gasteiger partial charge is 0.497 e. The van der Waals surface area contributed by atoms with Crippen molar-refractivity contribution in [3.8, 4) is 17.2 Å². The number of aromatic nitrogens is 2. The highest BCUT2D eigenvalue weighted by atomic mass is 32.1. The van der Waals surface area contributed by atoms with Crippen molar-refractivity contribution in [1.29, 1.82) is 0 Å². The van der Waals surface area contributed by atoms with E-state index in [9.17, 15) is 4.79 Å². The third-order valence-corrected chi connectivity index (χ3v) is 5.72. The van der Waals surface area contributed by atoms with Crippen LogP contribution in [0.15, 0.2) is 67.0 Å². The summed E-state index contributed by atoms with van der Waals surface area (Å²) >= 11 is 1.43. The number of fused-ring (bicyclic) bond motifs is 1. The van der Waals surface area contributed by atoms with Crippen LogP contribution in [-0.4, -0.2) is 36.2 Å². The number of methoxy groups -OCH3 is 1. The van der Waals surface area contributed by atoms with Crippen LogP contribution in [0.4, 0.5) is 5.13 Å². The van der Waals surface area contributed by atoms with E-state index < -0.39 is 0 Å². The van der Waals surface area contributed by atoms with Gasteiger partial charge < -0.3 is 14.2 Å². The van der Waals surface area contributed by atoms with E-state index in [4.69, 9.17) is 14.2 Å². The maximum atomic E-state index is 13.2. The van der Waals surface area contributed by atoms with Gasteiger partial charge in [0.05, 0.1) is 30.5 Å². The molecule has 0 bridgehead atoms. The van der Waals surface area contributed by atoms with E-state index >= 15 is 0 Å². The Morgan fingerprint density at radius 1 is 1.03 bits per heavy atom. The zero-order chi connectivity index (χ0) is 22.3. The van der Waals surface area contributed by atoms with Crippen LogP contribution >= 0.6 is 11.3 Å². The molecule has 8 heteroatoms.